The Labute approximate surface area is 100 Å². The van der Waals surface area contributed by atoms with E-state index in [1.54, 1.807) is 0 Å². The number of hydrogen-bond donors (Lipinski definition) is 2. The lowest BCUT2D eigenvalue weighted by Gasteiger charge is -2.06. The van der Waals surface area contributed by atoms with Crippen LogP contribution in [0.1, 0.15) is 5.56 Å². The number of carbonyl (C=O) groups excluding carboxylic acids is 1. The number of nitrogens with zero attached hydrogens (tertiary/aromatic N) is 1. The Kier molecular flexibility index (Phi) is 3.45. The fourth-order valence-electron chi connectivity index (χ4n) is 1.54. The minimum Gasteiger partial charge on any atom is -0.357 e. The van der Waals surface area contributed by atoms with E-state index in [0.29, 0.717) is 6.54 Å². The second-order valence-corrected chi connectivity index (χ2v) is 3.86. The van der Waals surface area contributed by atoms with Crippen molar-refractivity contribution in [3.63, 3.8) is 0 Å². The minimum atomic E-state index is -0.194. The Morgan fingerprint density at radius 1 is 1.24 bits per heavy atom. The molecule has 2 N–H and O–H groups in total. The zero-order valence-corrected chi connectivity index (χ0v) is 9.68. The molecule has 0 aliphatic carbocycles. The molecule has 1 heterocycles. The van der Waals surface area contributed by atoms with Gasteiger partial charge in [0.1, 0.15) is 0 Å². The average molecular weight is 229 g/mol. The molecule has 0 fully saturated rings. The van der Waals surface area contributed by atoms with Gasteiger partial charge >= 0.3 is 6.03 Å². The quantitative estimate of drug-likeness (QED) is 0.833. The molecule has 0 aliphatic rings. The fourth-order valence-corrected chi connectivity index (χ4v) is 1.54. The number of aromatic nitrogens is 1. The summed E-state index contributed by atoms with van der Waals surface area (Å²) in [6, 6.07) is 11.2. The number of benzene rings is 1. The topological polar surface area (TPSA) is 46.1 Å². The van der Waals surface area contributed by atoms with Crippen molar-refractivity contribution >= 4 is 11.7 Å². The summed E-state index contributed by atoms with van der Waals surface area (Å²) >= 11 is 0. The van der Waals surface area contributed by atoms with Crippen LogP contribution in [0.15, 0.2) is 48.8 Å². The van der Waals surface area contributed by atoms with Crippen LogP contribution in [0.4, 0.5) is 10.5 Å². The highest BCUT2D eigenvalue weighted by atomic mass is 16.2. The minimum absolute atomic E-state index is 0.194. The van der Waals surface area contributed by atoms with Crippen molar-refractivity contribution in [1.29, 1.82) is 0 Å². The van der Waals surface area contributed by atoms with Crippen molar-refractivity contribution in [2.24, 2.45) is 7.05 Å². The van der Waals surface area contributed by atoms with Crippen molar-refractivity contribution in [3.8, 4) is 0 Å². The van der Waals surface area contributed by atoms with Gasteiger partial charge < -0.3 is 15.2 Å². The van der Waals surface area contributed by atoms with E-state index in [1.165, 1.54) is 0 Å². The van der Waals surface area contributed by atoms with Crippen LogP contribution in [0.2, 0.25) is 0 Å². The van der Waals surface area contributed by atoms with Gasteiger partial charge in [-0.1, -0.05) is 18.2 Å². The largest absolute Gasteiger partial charge is 0.357 e. The molecule has 0 saturated heterocycles. The maximum absolute atomic E-state index is 11.6. The van der Waals surface area contributed by atoms with Crippen LogP contribution in [0, 0.1) is 0 Å². The molecule has 1 aromatic carbocycles. The maximum Gasteiger partial charge on any atom is 0.319 e. The van der Waals surface area contributed by atoms with Crippen LogP contribution in [0.3, 0.4) is 0 Å². The summed E-state index contributed by atoms with van der Waals surface area (Å²) in [5.41, 5.74) is 1.87. The summed E-state index contributed by atoms with van der Waals surface area (Å²) in [7, 11) is 1.95. The summed E-state index contributed by atoms with van der Waals surface area (Å²) in [5.74, 6) is 0. The number of rotatable bonds is 3. The number of nitrogens with one attached hydrogen (secondary N) is 2. The smallest absolute Gasteiger partial charge is 0.319 e. The molecule has 1 aromatic heterocycles. The molecule has 0 aliphatic heterocycles. The van der Waals surface area contributed by atoms with E-state index in [1.807, 2.05) is 60.4 Å². The fraction of sp³-hybridized carbons (Fsp3) is 0.154. The van der Waals surface area contributed by atoms with E-state index in [4.69, 9.17) is 0 Å². The van der Waals surface area contributed by atoms with Gasteiger partial charge in [-0.3, -0.25) is 0 Å². The number of urea groups is 1. The highest BCUT2D eigenvalue weighted by Crippen LogP contribution is 2.04. The Balaban J connectivity index is 1.82. The van der Waals surface area contributed by atoms with Crippen LogP contribution in [-0.2, 0) is 13.6 Å². The first-order valence-electron chi connectivity index (χ1n) is 5.45. The van der Waals surface area contributed by atoms with Crippen LogP contribution in [0.25, 0.3) is 0 Å². The number of amides is 2. The number of hydrogen-bond acceptors (Lipinski definition) is 1. The molecule has 17 heavy (non-hydrogen) atoms. The predicted molar refractivity (Wildman–Crippen MR) is 67.7 cm³/mol. The van der Waals surface area contributed by atoms with Crippen LogP contribution in [0.5, 0.6) is 0 Å². The third kappa shape index (κ3) is 3.38. The molecule has 0 bridgehead atoms. The van der Waals surface area contributed by atoms with E-state index in [9.17, 15) is 4.79 Å². The molecule has 2 amide bonds. The first kappa shape index (κ1) is 11.3. The van der Waals surface area contributed by atoms with Gasteiger partial charge in [-0.25, -0.2) is 4.79 Å². The summed E-state index contributed by atoms with van der Waals surface area (Å²) in [6.45, 7) is 0.527. The van der Waals surface area contributed by atoms with Gasteiger partial charge in [0, 0.05) is 31.7 Å². The predicted octanol–water partition coefficient (Wildman–Crippen LogP) is 2.35. The normalized spacial score (nSPS) is 9.94. The SMILES string of the molecule is Cn1ccc(CNC(=O)Nc2ccccc2)c1. The van der Waals surface area contributed by atoms with E-state index < -0.39 is 0 Å². The van der Waals surface area contributed by atoms with Crippen molar-refractivity contribution in [2.45, 2.75) is 6.54 Å². The highest BCUT2D eigenvalue weighted by Gasteiger charge is 2.01. The molecule has 0 radical (unpaired) electrons. The summed E-state index contributed by atoms with van der Waals surface area (Å²) in [6.07, 6.45) is 3.93. The van der Waals surface area contributed by atoms with E-state index in [0.717, 1.165) is 11.3 Å². The van der Waals surface area contributed by atoms with Crippen LogP contribution in [-0.4, -0.2) is 10.6 Å². The molecular weight excluding hydrogens is 214 g/mol. The first-order valence-corrected chi connectivity index (χ1v) is 5.45. The standard InChI is InChI=1S/C13H15N3O/c1-16-8-7-11(10-16)9-14-13(17)15-12-5-3-2-4-6-12/h2-8,10H,9H2,1H3,(H2,14,15,17). The Morgan fingerprint density at radius 3 is 2.65 bits per heavy atom. The van der Waals surface area contributed by atoms with Crippen molar-refractivity contribution in [2.75, 3.05) is 5.32 Å². The van der Waals surface area contributed by atoms with E-state index >= 15 is 0 Å². The number of para-hydroxylation sites is 1. The van der Waals surface area contributed by atoms with Gasteiger partial charge in [0.2, 0.25) is 0 Å². The summed E-state index contributed by atoms with van der Waals surface area (Å²) < 4.78 is 1.95. The maximum atomic E-state index is 11.6. The molecule has 4 nitrogen and oxygen atoms in total. The van der Waals surface area contributed by atoms with Gasteiger partial charge in [-0.15, -0.1) is 0 Å². The zero-order valence-electron chi connectivity index (χ0n) is 9.68. The molecular formula is C13H15N3O. The monoisotopic (exact) mass is 229 g/mol. The Bertz CT molecular complexity index is 490. The molecule has 0 unspecified atom stereocenters. The number of aryl methyl sites for hydroxylation is 1. The third-order valence-corrected chi connectivity index (χ3v) is 2.38. The Morgan fingerprint density at radius 2 is 2.00 bits per heavy atom. The Hall–Kier alpha value is -2.23. The molecule has 4 heteroatoms. The van der Waals surface area contributed by atoms with Crippen LogP contribution >= 0.6 is 0 Å². The zero-order chi connectivity index (χ0) is 12.1. The lowest BCUT2D eigenvalue weighted by atomic mass is 10.3. The first-order chi connectivity index (χ1) is 8.24. The second kappa shape index (κ2) is 5.21. The van der Waals surface area contributed by atoms with Gasteiger partial charge in [0.15, 0.2) is 0 Å². The molecule has 2 rings (SSSR count). The van der Waals surface area contributed by atoms with Crippen LogP contribution < -0.4 is 10.6 Å². The molecule has 2 aromatic rings. The molecule has 0 atom stereocenters. The lowest BCUT2D eigenvalue weighted by Crippen LogP contribution is -2.27. The van der Waals surface area contributed by atoms with Crippen molar-refractivity contribution in [1.82, 2.24) is 9.88 Å². The number of anilines is 1. The van der Waals surface area contributed by atoms with Gasteiger partial charge in [0.05, 0.1) is 0 Å². The lowest BCUT2D eigenvalue weighted by molar-refractivity contribution is 0.251. The van der Waals surface area contributed by atoms with E-state index in [-0.39, 0.29) is 6.03 Å². The van der Waals surface area contributed by atoms with E-state index in [2.05, 4.69) is 10.6 Å². The van der Waals surface area contributed by atoms with Gasteiger partial charge in [0.25, 0.3) is 0 Å². The van der Waals surface area contributed by atoms with Crippen molar-refractivity contribution in [3.05, 3.63) is 54.4 Å². The average Bonchev–Trinajstić information content (AvgIpc) is 2.74. The molecule has 0 spiro atoms. The second-order valence-electron chi connectivity index (χ2n) is 3.86. The summed E-state index contributed by atoms with van der Waals surface area (Å²) in [4.78, 5) is 11.6. The molecule has 0 saturated carbocycles. The third-order valence-electron chi connectivity index (χ3n) is 2.38. The molecule has 88 valence electrons. The number of carbonyl (C=O) groups is 1. The van der Waals surface area contributed by atoms with Gasteiger partial charge in [-0.05, 0) is 23.8 Å². The highest BCUT2D eigenvalue weighted by molar-refractivity contribution is 5.89. The van der Waals surface area contributed by atoms with Crippen molar-refractivity contribution < 1.29 is 4.79 Å². The van der Waals surface area contributed by atoms with Gasteiger partial charge in [-0.2, -0.15) is 0 Å². The summed E-state index contributed by atoms with van der Waals surface area (Å²) in [5, 5.41) is 5.56.